The van der Waals surface area contributed by atoms with Gasteiger partial charge in [-0.1, -0.05) is 45.4 Å². The van der Waals surface area contributed by atoms with Gasteiger partial charge in [-0.25, -0.2) is 4.79 Å². The topological polar surface area (TPSA) is 78.9 Å². The highest BCUT2D eigenvalue weighted by molar-refractivity contribution is 5.84. The molecule has 2 unspecified atom stereocenters. The minimum Gasteiger partial charge on any atom is -0.480 e. The van der Waals surface area contributed by atoms with E-state index >= 15 is 0 Å². The molecule has 1 aromatic rings. The Bertz CT molecular complexity index is 746. The second-order valence-corrected chi connectivity index (χ2v) is 8.65. The van der Waals surface area contributed by atoms with Gasteiger partial charge in [0.25, 0.3) is 0 Å². The molecule has 0 spiro atoms. The van der Waals surface area contributed by atoms with Crippen molar-refractivity contribution in [2.45, 2.75) is 57.9 Å². The van der Waals surface area contributed by atoms with Crippen molar-refractivity contribution in [3.8, 4) is 5.75 Å². The number of aliphatic carboxylic acids is 1. The van der Waals surface area contributed by atoms with Crippen LogP contribution in [0.15, 0.2) is 36.4 Å². The lowest BCUT2D eigenvalue weighted by Crippen LogP contribution is -2.40. The summed E-state index contributed by atoms with van der Waals surface area (Å²) in [4.78, 5) is 25.8. The van der Waals surface area contributed by atoms with E-state index < -0.39 is 18.0 Å². The van der Waals surface area contributed by atoms with Crippen molar-refractivity contribution in [3.63, 3.8) is 0 Å². The molecule has 166 valence electrons. The van der Waals surface area contributed by atoms with E-state index in [0.29, 0.717) is 5.75 Å². The molecule has 0 aromatic heterocycles. The number of carboxylic acid groups (broad SMARTS) is 1. The van der Waals surface area contributed by atoms with Crippen LogP contribution in [0.5, 0.6) is 5.75 Å². The van der Waals surface area contributed by atoms with Gasteiger partial charge in [0.2, 0.25) is 0 Å². The van der Waals surface area contributed by atoms with Crippen molar-refractivity contribution in [2.24, 2.45) is 5.92 Å². The first-order valence-electron chi connectivity index (χ1n) is 10.9. The first-order chi connectivity index (χ1) is 14.3. The summed E-state index contributed by atoms with van der Waals surface area (Å²) in [5.74, 6) is -0.861. The van der Waals surface area contributed by atoms with Gasteiger partial charge in [-0.2, -0.15) is 0 Å². The predicted octanol–water partition coefficient (Wildman–Crippen LogP) is 3.61. The quantitative estimate of drug-likeness (QED) is 0.364. The molecular formula is C24H36N2O4. The molecule has 1 aliphatic heterocycles. The van der Waals surface area contributed by atoms with Crippen LogP contribution in [0, 0.1) is 5.92 Å². The highest BCUT2D eigenvalue weighted by Gasteiger charge is 2.33. The molecule has 1 heterocycles. The Morgan fingerprint density at radius 3 is 2.77 bits per heavy atom. The molecule has 0 radical (unpaired) electrons. The number of likely N-dealkylation sites (N-methyl/N-ethyl adjacent to an activating group) is 1. The van der Waals surface area contributed by atoms with Gasteiger partial charge in [-0.3, -0.25) is 4.79 Å². The predicted molar refractivity (Wildman–Crippen MR) is 119 cm³/mol. The van der Waals surface area contributed by atoms with Crippen LogP contribution in [0.1, 0.15) is 52.0 Å². The zero-order valence-corrected chi connectivity index (χ0v) is 18.7. The van der Waals surface area contributed by atoms with Crippen LogP contribution in [0.25, 0.3) is 0 Å². The maximum Gasteiger partial charge on any atom is 0.335 e. The molecule has 0 bridgehead atoms. The van der Waals surface area contributed by atoms with Crippen LogP contribution in [0.4, 0.5) is 0 Å². The Morgan fingerprint density at radius 2 is 2.10 bits per heavy atom. The Morgan fingerprint density at radius 1 is 1.33 bits per heavy atom. The van der Waals surface area contributed by atoms with Crippen LogP contribution in [-0.2, 0) is 15.0 Å². The normalized spacial score (nSPS) is 21.5. The monoisotopic (exact) mass is 416 g/mol. The van der Waals surface area contributed by atoms with E-state index in [1.807, 2.05) is 26.0 Å². The molecule has 1 aromatic carbocycles. The SMILES string of the molecule is CCC1(c2cccc(OC(=O)C=CCNC(C(=O)O)C(C)C)c2)CCCCN(C)C1. The van der Waals surface area contributed by atoms with E-state index in [4.69, 9.17) is 4.74 Å². The Balaban J connectivity index is 2.00. The lowest BCUT2D eigenvalue weighted by atomic mass is 9.74. The third-order valence-electron chi connectivity index (χ3n) is 6.00. The standard InChI is InChI=1S/C24H36N2O4/c1-5-24(13-6-7-15-26(4)17-24)19-10-8-11-20(16-19)30-21(27)12-9-14-25-22(18(2)3)23(28)29/h8-12,16,18,22,25H,5-7,13-15,17H2,1-4H3,(H,28,29). The van der Waals surface area contributed by atoms with Crippen molar-refractivity contribution in [1.29, 1.82) is 0 Å². The molecule has 1 fully saturated rings. The fraction of sp³-hybridized carbons (Fsp3) is 0.583. The molecular weight excluding hydrogens is 380 g/mol. The van der Waals surface area contributed by atoms with E-state index in [2.05, 4.69) is 30.3 Å². The number of benzene rings is 1. The average molecular weight is 417 g/mol. The van der Waals surface area contributed by atoms with Gasteiger partial charge in [0.1, 0.15) is 11.8 Å². The van der Waals surface area contributed by atoms with Gasteiger partial charge >= 0.3 is 11.9 Å². The van der Waals surface area contributed by atoms with Crippen molar-refractivity contribution in [2.75, 3.05) is 26.7 Å². The lowest BCUT2D eigenvalue weighted by molar-refractivity contribution is -0.140. The van der Waals surface area contributed by atoms with Gasteiger partial charge in [0, 0.05) is 24.6 Å². The molecule has 2 N–H and O–H groups in total. The van der Waals surface area contributed by atoms with E-state index in [1.54, 1.807) is 12.1 Å². The first-order valence-corrected chi connectivity index (χ1v) is 10.9. The highest BCUT2D eigenvalue weighted by atomic mass is 16.5. The summed E-state index contributed by atoms with van der Waals surface area (Å²) in [6.45, 7) is 8.32. The Hall–Kier alpha value is -2.18. The van der Waals surface area contributed by atoms with Gasteiger partial charge in [0.15, 0.2) is 0 Å². The minimum atomic E-state index is -0.896. The number of nitrogens with one attached hydrogen (secondary N) is 1. The number of esters is 1. The maximum atomic E-state index is 12.2. The summed E-state index contributed by atoms with van der Waals surface area (Å²) in [6.07, 6.45) is 7.53. The summed E-state index contributed by atoms with van der Waals surface area (Å²) < 4.78 is 5.51. The molecule has 1 saturated heterocycles. The van der Waals surface area contributed by atoms with Crippen LogP contribution in [0.2, 0.25) is 0 Å². The summed E-state index contributed by atoms with van der Waals surface area (Å²) >= 11 is 0. The molecule has 0 amide bonds. The van der Waals surface area contributed by atoms with Crippen molar-refractivity contribution in [3.05, 3.63) is 42.0 Å². The summed E-state index contributed by atoms with van der Waals surface area (Å²) in [6, 6.07) is 7.23. The lowest BCUT2D eigenvalue weighted by Gasteiger charge is -2.35. The average Bonchev–Trinajstić information content (AvgIpc) is 2.89. The van der Waals surface area contributed by atoms with Gasteiger partial charge < -0.3 is 20.1 Å². The van der Waals surface area contributed by atoms with Crippen LogP contribution in [-0.4, -0.2) is 54.7 Å². The number of nitrogens with zero attached hydrogens (tertiary/aromatic N) is 1. The Kier molecular flexibility index (Phi) is 9.06. The highest BCUT2D eigenvalue weighted by Crippen LogP contribution is 2.37. The molecule has 6 heteroatoms. The van der Waals surface area contributed by atoms with Crippen LogP contribution in [0.3, 0.4) is 0 Å². The molecule has 0 aliphatic carbocycles. The van der Waals surface area contributed by atoms with Gasteiger partial charge in [-0.15, -0.1) is 0 Å². The molecule has 1 aliphatic rings. The van der Waals surface area contributed by atoms with E-state index in [-0.39, 0.29) is 17.9 Å². The third-order valence-corrected chi connectivity index (χ3v) is 6.00. The number of rotatable bonds is 9. The van der Waals surface area contributed by atoms with E-state index in [9.17, 15) is 14.7 Å². The number of carboxylic acids is 1. The Labute approximate surface area is 180 Å². The summed E-state index contributed by atoms with van der Waals surface area (Å²) in [5, 5.41) is 12.1. The molecule has 6 nitrogen and oxygen atoms in total. The summed E-state index contributed by atoms with van der Waals surface area (Å²) in [5.41, 5.74) is 1.30. The van der Waals surface area contributed by atoms with E-state index in [0.717, 1.165) is 25.9 Å². The second-order valence-electron chi connectivity index (χ2n) is 8.65. The molecule has 30 heavy (non-hydrogen) atoms. The fourth-order valence-electron chi connectivity index (χ4n) is 4.25. The molecule has 2 atom stereocenters. The number of hydrogen-bond acceptors (Lipinski definition) is 5. The van der Waals surface area contributed by atoms with Crippen LogP contribution >= 0.6 is 0 Å². The van der Waals surface area contributed by atoms with Crippen LogP contribution < -0.4 is 10.1 Å². The summed E-state index contributed by atoms with van der Waals surface area (Å²) in [7, 11) is 2.17. The van der Waals surface area contributed by atoms with E-state index in [1.165, 1.54) is 24.5 Å². The number of hydrogen-bond donors (Lipinski definition) is 2. The molecule has 2 rings (SSSR count). The zero-order valence-electron chi connectivity index (χ0n) is 18.7. The number of ether oxygens (including phenoxy) is 1. The maximum absolute atomic E-state index is 12.2. The van der Waals surface area contributed by atoms with Crippen molar-refractivity contribution >= 4 is 11.9 Å². The fourth-order valence-corrected chi connectivity index (χ4v) is 4.25. The van der Waals surface area contributed by atoms with Gasteiger partial charge in [0.05, 0.1) is 0 Å². The second kappa shape index (κ2) is 11.3. The zero-order chi connectivity index (χ0) is 22.1. The smallest absolute Gasteiger partial charge is 0.335 e. The number of carbonyl (C=O) groups is 2. The van der Waals surface area contributed by atoms with Crippen molar-refractivity contribution in [1.82, 2.24) is 10.2 Å². The molecule has 0 saturated carbocycles. The minimum absolute atomic E-state index is 0.0421. The van der Waals surface area contributed by atoms with Gasteiger partial charge in [-0.05, 0) is 56.5 Å². The number of carbonyl (C=O) groups excluding carboxylic acids is 1. The van der Waals surface area contributed by atoms with Crippen molar-refractivity contribution < 1.29 is 19.4 Å². The largest absolute Gasteiger partial charge is 0.480 e. The first kappa shape index (κ1) is 24.1. The third kappa shape index (κ3) is 6.67. The number of likely N-dealkylation sites (tertiary alicyclic amines) is 1.